The van der Waals surface area contributed by atoms with E-state index in [9.17, 15) is 5.11 Å². The van der Waals surface area contributed by atoms with Gasteiger partial charge in [0.25, 0.3) is 0 Å². The molecule has 20 heavy (non-hydrogen) atoms. The third-order valence-corrected chi connectivity index (χ3v) is 4.65. The molecule has 4 heteroatoms. The molecule has 3 unspecified atom stereocenters. The molecule has 3 atom stereocenters. The van der Waals surface area contributed by atoms with E-state index >= 15 is 0 Å². The first-order valence-corrected chi connectivity index (χ1v) is 7.81. The summed E-state index contributed by atoms with van der Waals surface area (Å²) in [7, 11) is 0. The molecule has 0 amide bonds. The Labute approximate surface area is 126 Å². The topological polar surface area (TPSA) is 42.4 Å². The van der Waals surface area contributed by atoms with Crippen LogP contribution >= 0.6 is 11.6 Å². The second-order valence-electron chi connectivity index (χ2n) is 6.25. The van der Waals surface area contributed by atoms with E-state index in [4.69, 9.17) is 16.3 Å². The standard InChI is InChI=1S/C16H24ClNO2/c1-10(2)13-5-4-11(3)6-15(13)20-16-7-12(9-19)14(17)8-18-16/h7-8,10-11,13,15,19H,4-6,9H2,1-3H3. The van der Waals surface area contributed by atoms with E-state index in [1.807, 2.05) is 0 Å². The summed E-state index contributed by atoms with van der Waals surface area (Å²) in [5.41, 5.74) is 0.668. The molecule has 112 valence electrons. The Balaban J connectivity index is 2.13. The van der Waals surface area contributed by atoms with E-state index in [0.717, 1.165) is 6.42 Å². The first-order chi connectivity index (χ1) is 9.51. The molecule has 1 fully saturated rings. The summed E-state index contributed by atoms with van der Waals surface area (Å²) in [6.07, 6.45) is 5.32. The Morgan fingerprint density at radius 1 is 1.45 bits per heavy atom. The van der Waals surface area contributed by atoms with Gasteiger partial charge in [0.1, 0.15) is 6.10 Å². The number of aliphatic hydroxyl groups excluding tert-OH is 1. The predicted molar refractivity (Wildman–Crippen MR) is 80.9 cm³/mol. The molecule has 0 aromatic carbocycles. The van der Waals surface area contributed by atoms with Gasteiger partial charge in [-0.2, -0.15) is 0 Å². The highest BCUT2D eigenvalue weighted by Crippen LogP contribution is 2.36. The van der Waals surface area contributed by atoms with Crippen molar-refractivity contribution in [2.45, 2.75) is 52.7 Å². The number of aliphatic hydroxyl groups is 1. The van der Waals surface area contributed by atoms with Gasteiger partial charge in [0.2, 0.25) is 5.88 Å². The molecule has 1 aromatic heterocycles. The van der Waals surface area contributed by atoms with Crippen LogP contribution in [0.1, 0.15) is 45.6 Å². The minimum absolute atomic E-state index is 0.0909. The molecule has 1 aromatic rings. The van der Waals surface area contributed by atoms with E-state index < -0.39 is 0 Å². The summed E-state index contributed by atoms with van der Waals surface area (Å²) in [4.78, 5) is 4.23. The predicted octanol–water partition coefficient (Wildman–Crippen LogP) is 4.07. The lowest BCUT2D eigenvalue weighted by molar-refractivity contribution is 0.0425. The van der Waals surface area contributed by atoms with Crippen LogP contribution in [0.3, 0.4) is 0 Å². The van der Waals surface area contributed by atoms with E-state index in [-0.39, 0.29) is 12.7 Å². The van der Waals surface area contributed by atoms with Crippen molar-refractivity contribution in [2.75, 3.05) is 0 Å². The van der Waals surface area contributed by atoms with Gasteiger partial charge in [-0.3, -0.25) is 0 Å². The Hall–Kier alpha value is -0.800. The second-order valence-corrected chi connectivity index (χ2v) is 6.66. The number of hydrogen-bond donors (Lipinski definition) is 1. The number of nitrogens with zero attached hydrogens (tertiary/aromatic N) is 1. The summed E-state index contributed by atoms with van der Waals surface area (Å²) >= 11 is 5.96. The van der Waals surface area contributed by atoms with Gasteiger partial charge in [-0.1, -0.05) is 38.8 Å². The van der Waals surface area contributed by atoms with Crippen molar-refractivity contribution in [1.29, 1.82) is 0 Å². The zero-order valence-corrected chi connectivity index (χ0v) is 13.2. The largest absolute Gasteiger partial charge is 0.474 e. The maximum Gasteiger partial charge on any atom is 0.213 e. The SMILES string of the molecule is CC1CCC(C(C)C)C(Oc2cc(CO)c(Cl)cn2)C1. The second kappa shape index (κ2) is 6.77. The van der Waals surface area contributed by atoms with Crippen LogP contribution in [0.15, 0.2) is 12.3 Å². The van der Waals surface area contributed by atoms with Gasteiger partial charge in [0.05, 0.1) is 11.6 Å². The third kappa shape index (κ3) is 3.64. The third-order valence-electron chi connectivity index (χ3n) is 4.31. The van der Waals surface area contributed by atoms with E-state index in [0.29, 0.717) is 34.2 Å². The first-order valence-electron chi connectivity index (χ1n) is 7.43. The van der Waals surface area contributed by atoms with E-state index in [2.05, 4.69) is 25.8 Å². The van der Waals surface area contributed by atoms with Crippen molar-refractivity contribution in [3.63, 3.8) is 0 Å². The van der Waals surface area contributed by atoms with Crippen molar-refractivity contribution in [3.8, 4) is 5.88 Å². The molecule has 0 aliphatic heterocycles. The first kappa shape index (κ1) is 15.6. The molecule has 1 saturated carbocycles. The summed E-state index contributed by atoms with van der Waals surface area (Å²) < 4.78 is 6.12. The summed E-state index contributed by atoms with van der Waals surface area (Å²) in [6.45, 7) is 6.70. The van der Waals surface area contributed by atoms with Gasteiger partial charge in [0.15, 0.2) is 0 Å². The van der Waals surface area contributed by atoms with Crippen molar-refractivity contribution in [2.24, 2.45) is 17.8 Å². The lowest BCUT2D eigenvalue weighted by Gasteiger charge is -2.37. The quantitative estimate of drug-likeness (QED) is 0.911. The number of aromatic nitrogens is 1. The highest BCUT2D eigenvalue weighted by Gasteiger charge is 2.32. The van der Waals surface area contributed by atoms with Crippen LogP contribution in [0.4, 0.5) is 0 Å². The maximum atomic E-state index is 9.26. The van der Waals surface area contributed by atoms with Gasteiger partial charge >= 0.3 is 0 Å². The highest BCUT2D eigenvalue weighted by molar-refractivity contribution is 6.31. The molecular weight excluding hydrogens is 274 g/mol. The molecule has 3 nitrogen and oxygen atoms in total. The van der Waals surface area contributed by atoms with Gasteiger partial charge in [-0.15, -0.1) is 0 Å². The van der Waals surface area contributed by atoms with Crippen LogP contribution in [0.25, 0.3) is 0 Å². The van der Waals surface area contributed by atoms with Crippen LogP contribution in [0, 0.1) is 17.8 Å². The molecular formula is C16H24ClNO2. The van der Waals surface area contributed by atoms with Crippen LogP contribution in [-0.2, 0) is 6.61 Å². The zero-order chi connectivity index (χ0) is 14.7. The lowest BCUT2D eigenvalue weighted by Crippen LogP contribution is -2.36. The maximum absolute atomic E-state index is 9.26. The van der Waals surface area contributed by atoms with Crippen LogP contribution in [0.5, 0.6) is 5.88 Å². The molecule has 1 heterocycles. The number of pyridine rings is 1. The van der Waals surface area contributed by atoms with Gasteiger partial charge in [-0.05, 0) is 30.6 Å². The fourth-order valence-corrected chi connectivity index (χ4v) is 3.21. The molecule has 1 aliphatic rings. The van der Waals surface area contributed by atoms with Crippen molar-refractivity contribution in [1.82, 2.24) is 4.98 Å². The van der Waals surface area contributed by atoms with Crippen LogP contribution < -0.4 is 4.74 Å². The van der Waals surface area contributed by atoms with Gasteiger partial charge in [-0.25, -0.2) is 4.98 Å². The average molecular weight is 298 g/mol. The van der Waals surface area contributed by atoms with Gasteiger partial charge < -0.3 is 9.84 Å². The zero-order valence-electron chi connectivity index (χ0n) is 12.5. The number of ether oxygens (including phenoxy) is 1. The molecule has 1 aliphatic carbocycles. The van der Waals surface area contributed by atoms with E-state index in [1.54, 1.807) is 12.3 Å². The number of rotatable bonds is 4. The minimum atomic E-state index is -0.0909. The Morgan fingerprint density at radius 3 is 2.85 bits per heavy atom. The van der Waals surface area contributed by atoms with Crippen LogP contribution in [0.2, 0.25) is 5.02 Å². The van der Waals surface area contributed by atoms with Crippen molar-refractivity contribution in [3.05, 3.63) is 22.8 Å². The Bertz CT molecular complexity index is 450. The van der Waals surface area contributed by atoms with E-state index in [1.165, 1.54) is 12.8 Å². The molecule has 0 radical (unpaired) electrons. The number of halogens is 1. The summed E-state index contributed by atoms with van der Waals surface area (Å²) in [6, 6.07) is 1.75. The normalized spacial score (nSPS) is 26.8. The summed E-state index contributed by atoms with van der Waals surface area (Å²) in [5.74, 6) is 2.45. The monoisotopic (exact) mass is 297 g/mol. The van der Waals surface area contributed by atoms with Gasteiger partial charge in [0, 0.05) is 17.8 Å². The fraction of sp³-hybridized carbons (Fsp3) is 0.688. The Kier molecular flexibility index (Phi) is 5.28. The van der Waals surface area contributed by atoms with Crippen molar-refractivity contribution < 1.29 is 9.84 Å². The van der Waals surface area contributed by atoms with Crippen LogP contribution in [-0.4, -0.2) is 16.2 Å². The molecule has 0 saturated heterocycles. The minimum Gasteiger partial charge on any atom is -0.474 e. The summed E-state index contributed by atoms with van der Waals surface area (Å²) in [5, 5.41) is 9.75. The number of hydrogen-bond acceptors (Lipinski definition) is 3. The molecule has 1 N–H and O–H groups in total. The fourth-order valence-electron chi connectivity index (χ4n) is 3.05. The molecule has 0 spiro atoms. The highest BCUT2D eigenvalue weighted by atomic mass is 35.5. The molecule has 2 rings (SSSR count). The Morgan fingerprint density at radius 2 is 2.20 bits per heavy atom. The average Bonchev–Trinajstić information content (AvgIpc) is 2.40. The molecule has 0 bridgehead atoms. The smallest absolute Gasteiger partial charge is 0.213 e. The lowest BCUT2D eigenvalue weighted by atomic mass is 9.75. The van der Waals surface area contributed by atoms with Crippen molar-refractivity contribution >= 4 is 11.6 Å².